The molecule has 180 valence electrons. The summed E-state index contributed by atoms with van der Waals surface area (Å²) in [5, 5.41) is 2.78. The molecule has 0 saturated heterocycles. The number of ether oxygens (including phenoxy) is 1. The number of esters is 1. The fourth-order valence-corrected chi connectivity index (χ4v) is 5.45. The van der Waals surface area contributed by atoms with Crippen molar-refractivity contribution < 1.29 is 22.7 Å². The molecule has 0 aliphatic carbocycles. The van der Waals surface area contributed by atoms with Crippen molar-refractivity contribution in [2.45, 2.75) is 31.6 Å². The van der Waals surface area contributed by atoms with Crippen molar-refractivity contribution in [3.63, 3.8) is 0 Å². The summed E-state index contributed by atoms with van der Waals surface area (Å²) in [6, 6.07) is 17.0. The van der Waals surface area contributed by atoms with Gasteiger partial charge in [-0.25, -0.2) is 17.5 Å². The maximum atomic E-state index is 12.9. The van der Waals surface area contributed by atoms with E-state index in [2.05, 4.69) is 5.32 Å². The summed E-state index contributed by atoms with van der Waals surface area (Å²) in [5.74, 6) is -0.965. The van der Waals surface area contributed by atoms with Crippen molar-refractivity contribution in [1.82, 2.24) is 4.31 Å². The van der Waals surface area contributed by atoms with Crippen LogP contribution in [0.25, 0.3) is 10.4 Å². The van der Waals surface area contributed by atoms with Crippen molar-refractivity contribution in [3.05, 3.63) is 71.1 Å². The van der Waals surface area contributed by atoms with Crippen LogP contribution < -0.4 is 5.32 Å². The molecule has 1 aromatic heterocycles. The Morgan fingerprint density at radius 1 is 1.03 bits per heavy atom. The lowest BCUT2D eigenvalue weighted by Crippen LogP contribution is -2.28. The average Bonchev–Trinajstić information content (AvgIpc) is 3.27. The first-order valence-electron chi connectivity index (χ1n) is 11.0. The molecule has 1 amide bonds. The molecule has 0 atom stereocenters. The normalized spacial score (nSPS) is 11.4. The SMILES string of the molecule is CCCCN(C)S(=O)(=O)c1ccc(C(=O)Nc2cc(-c3ccccc3)sc2C(=O)OCC)cc1. The maximum absolute atomic E-state index is 12.9. The summed E-state index contributed by atoms with van der Waals surface area (Å²) in [6.07, 6.45) is 1.66. The Morgan fingerprint density at radius 2 is 1.71 bits per heavy atom. The van der Waals surface area contributed by atoms with Crippen molar-refractivity contribution in [2.75, 3.05) is 25.5 Å². The number of sulfonamides is 1. The van der Waals surface area contributed by atoms with Gasteiger partial charge in [0.1, 0.15) is 4.88 Å². The van der Waals surface area contributed by atoms with Crippen molar-refractivity contribution in [1.29, 1.82) is 0 Å². The molecule has 0 saturated carbocycles. The molecule has 1 heterocycles. The Kier molecular flexibility index (Phi) is 8.60. The third kappa shape index (κ3) is 5.91. The molecular weight excluding hydrogens is 472 g/mol. The third-order valence-electron chi connectivity index (χ3n) is 5.15. The molecular formula is C25H28N2O5S2. The van der Waals surface area contributed by atoms with Gasteiger partial charge in [-0.05, 0) is 49.2 Å². The predicted molar refractivity (Wildman–Crippen MR) is 135 cm³/mol. The van der Waals surface area contributed by atoms with E-state index in [4.69, 9.17) is 4.74 Å². The number of nitrogens with zero attached hydrogens (tertiary/aromatic N) is 1. The highest BCUT2D eigenvalue weighted by Gasteiger charge is 2.22. The molecule has 3 rings (SSSR count). The van der Waals surface area contributed by atoms with E-state index < -0.39 is 21.9 Å². The Balaban J connectivity index is 1.83. The lowest BCUT2D eigenvalue weighted by atomic mass is 10.2. The molecule has 0 aliphatic rings. The topological polar surface area (TPSA) is 92.8 Å². The lowest BCUT2D eigenvalue weighted by Gasteiger charge is -2.17. The van der Waals surface area contributed by atoms with Gasteiger partial charge in [0.15, 0.2) is 0 Å². The number of benzene rings is 2. The van der Waals surface area contributed by atoms with Gasteiger partial charge in [-0.3, -0.25) is 4.79 Å². The molecule has 9 heteroatoms. The van der Waals surface area contributed by atoms with Crippen LogP contribution in [0.15, 0.2) is 65.6 Å². The summed E-state index contributed by atoms with van der Waals surface area (Å²) in [5.41, 5.74) is 1.54. The van der Waals surface area contributed by atoms with Crippen LogP contribution in [-0.2, 0) is 14.8 Å². The number of nitrogens with one attached hydrogen (secondary N) is 1. The number of hydrogen-bond donors (Lipinski definition) is 1. The minimum absolute atomic E-state index is 0.122. The van der Waals surface area contributed by atoms with E-state index in [1.807, 2.05) is 37.3 Å². The molecule has 0 aliphatic heterocycles. The van der Waals surface area contributed by atoms with Crippen LogP contribution in [0.3, 0.4) is 0 Å². The van der Waals surface area contributed by atoms with Crippen LogP contribution >= 0.6 is 11.3 Å². The fourth-order valence-electron chi connectivity index (χ4n) is 3.23. The molecule has 3 aromatic rings. The second kappa shape index (κ2) is 11.4. The zero-order chi connectivity index (χ0) is 24.7. The number of thiophene rings is 1. The van der Waals surface area contributed by atoms with Crippen molar-refractivity contribution in [3.8, 4) is 10.4 Å². The van der Waals surface area contributed by atoms with Crippen LogP contribution in [0.1, 0.15) is 46.7 Å². The van der Waals surface area contributed by atoms with Crippen LogP contribution in [0.5, 0.6) is 0 Å². The van der Waals surface area contributed by atoms with E-state index in [9.17, 15) is 18.0 Å². The van der Waals surface area contributed by atoms with Crippen LogP contribution in [-0.4, -0.2) is 44.8 Å². The second-order valence-electron chi connectivity index (χ2n) is 7.60. The number of rotatable bonds is 10. The van der Waals surface area contributed by atoms with Gasteiger partial charge in [-0.2, -0.15) is 0 Å². The molecule has 0 radical (unpaired) electrons. The zero-order valence-electron chi connectivity index (χ0n) is 19.4. The zero-order valence-corrected chi connectivity index (χ0v) is 21.0. The molecule has 7 nitrogen and oxygen atoms in total. The standard InChI is InChI=1S/C25H28N2O5S2/c1-4-6-16-27(3)34(30,31)20-14-12-19(13-15-20)24(28)26-21-17-22(18-10-8-7-9-11-18)33-23(21)25(29)32-5-2/h7-15,17H,4-6,16H2,1-3H3,(H,26,28). The molecule has 1 N–H and O–H groups in total. The fraction of sp³-hybridized carbons (Fsp3) is 0.280. The Hall–Kier alpha value is -3.01. The molecule has 34 heavy (non-hydrogen) atoms. The van der Waals surface area contributed by atoms with E-state index >= 15 is 0 Å². The van der Waals surface area contributed by atoms with Gasteiger partial charge in [0.2, 0.25) is 10.0 Å². The summed E-state index contributed by atoms with van der Waals surface area (Å²) in [7, 11) is -2.08. The van der Waals surface area contributed by atoms with E-state index in [0.29, 0.717) is 17.1 Å². The van der Waals surface area contributed by atoms with Gasteiger partial charge in [0.25, 0.3) is 5.91 Å². The summed E-state index contributed by atoms with van der Waals surface area (Å²) in [4.78, 5) is 26.6. The maximum Gasteiger partial charge on any atom is 0.350 e. The Labute approximate surface area is 204 Å². The summed E-state index contributed by atoms with van der Waals surface area (Å²) >= 11 is 1.24. The van der Waals surface area contributed by atoms with Gasteiger partial charge >= 0.3 is 5.97 Å². The number of amides is 1. The van der Waals surface area contributed by atoms with Gasteiger partial charge in [0.05, 0.1) is 17.2 Å². The smallest absolute Gasteiger partial charge is 0.350 e. The molecule has 0 unspecified atom stereocenters. The molecule has 2 aromatic carbocycles. The molecule has 0 fully saturated rings. The summed E-state index contributed by atoms with van der Waals surface area (Å²) < 4.78 is 31.9. The first-order valence-corrected chi connectivity index (χ1v) is 13.3. The first-order chi connectivity index (χ1) is 16.3. The minimum atomic E-state index is -3.62. The van der Waals surface area contributed by atoms with Gasteiger partial charge in [-0.15, -0.1) is 11.3 Å². The van der Waals surface area contributed by atoms with Crippen LogP contribution in [0.4, 0.5) is 5.69 Å². The van der Waals surface area contributed by atoms with Crippen molar-refractivity contribution >= 4 is 38.9 Å². The number of carbonyl (C=O) groups is 2. The number of hydrogen-bond acceptors (Lipinski definition) is 6. The van der Waals surface area contributed by atoms with Gasteiger partial charge in [-0.1, -0.05) is 43.7 Å². The monoisotopic (exact) mass is 500 g/mol. The quantitative estimate of drug-likeness (QED) is 0.383. The van der Waals surface area contributed by atoms with E-state index in [-0.39, 0.29) is 17.1 Å². The highest BCUT2D eigenvalue weighted by molar-refractivity contribution is 7.89. The lowest BCUT2D eigenvalue weighted by molar-refractivity contribution is 0.0533. The Bertz CT molecular complexity index is 1240. The number of anilines is 1. The number of unbranched alkanes of at least 4 members (excludes halogenated alkanes) is 1. The van der Waals surface area contributed by atoms with Crippen LogP contribution in [0, 0.1) is 0 Å². The second-order valence-corrected chi connectivity index (χ2v) is 10.7. The largest absolute Gasteiger partial charge is 0.462 e. The first kappa shape index (κ1) is 25.6. The van der Waals surface area contributed by atoms with E-state index in [1.54, 1.807) is 20.0 Å². The van der Waals surface area contributed by atoms with Crippen molar-refractivity contribution in [2.24, 2.45) is 0 Å². The molecule has 0 bridgehead atoms. The number of carbonyl (C=O) groups excluding carboxylic acids is 2. The van der Waals surface area contributed by atoms with Crippen LogP contribution in [0.2, 0.25) is 0 Å². The molecule has 0 spiro atoms. The highest BCUT2D eigenvalue weighted by Crippen LogP contribution is 2.35. The Morgan fingerprint density at radius 3 is 2.32 bits per heavy atom. The minimum Gasteiger partial charge on any atom is -0.462 e. The highest BCUT2D eigenvalue weighted by atomic mass is 32.2. The van der Waals surface area contributed by atoms with Gasteiger partial charge in [0, 0.05) is 24.0 Å². The summed E-state index contributed by atoms with van der Waals surface area (Å²) in [6.45, 7) is 4.36. The van der Waals surface area contributed by atoms with Gasteiger partial charge < -0.3 is 10.1 Å². The average molecular weight is 501 g/mol. The van der Waals surface area contributed by atoms with E-state index in [0.717, 1.165) is 23.3 Å². The third-order valence-corrected chi connectivity index (χ3v) is 8.19. The predicted octanol–water partition coefficient (Wildman–Crippen LogP) is 5.26. The van der Waals surface area contributed by atoms with E-state index in [1.165, 1.54) is 39.9 Å².